The van der Waals surface area contributed by atoms with Gasteiger partial charge < -0.3 is 0 Å². The fraction of sp³-hybridized carbons (Fsp3) is 0. The van der Waals surface area contributed by atoms with Crippen LogP contribution in [0.25, 0.3) is 0 Å². The molecule has 0 aromatic rings. The fourth-order valence-electron chi connectivity index (χ4n) is 0.283. The Labute approximate surface area is 80.9 Å². The summed E-state index contributed by atoms with van der Waals surface area (Å²) in [5, 5.41) is 51.5. The molecule has 0 aliphatic rings. The number of hydrogen-bond acceptors (Lipinski definition) is 6. The van der Waals surface area contributed by atoms with Gasteiger partial charge in [-0.15, -0.1) is 0 Å². The molecular formula is C6H3BMnN6. The summed E-state index contributed by atoms with van der Waals surface area (Å²) in [7, 11) is -6.30. The van der Waals surface area contributed by atoms with Crippen molar-refractivity contribution in [3.8, 4) is 29.8 Å². The second-order valence-corrected chi connectivity index (χ2v) is 7.93. The summed E-state index contributed by atoms with van der Waals surface area (Å²) in [5.74, 6) is 0. The van der Waals surface area contributed by atoms with E-state index in [2.05, 4.69) is 0 Å². The van der Waals surface area contributed by atoms with Crippen molar-refractivity contribution in [1.82, 2.24) is 0 Å². The van der Waals surface area contributed by atoms with Gasteiger partial charge in [0.1, 0.15) is 0 Å². The molecule has 0 unspecified atom stereocenters. The van der Waals surface area contributed by atoms with E-state index in [1.165, 1.54) is 0 Å². The SMILES string of the molecule is B.N#[C][Mn]([C]#N)([C]#N)([C]#N)([C]#N)[C]#N. The fourth-order valence-corrected chi connectivity index (χ4v) is 1.17. The second-order valence-electron chi connectivity index (χ2n) is 1.92. The molecule has 0 bridgehead atoms. The molecule has 67 valence electrons. The average Bonchev–Trinajstić information content (AvgIpc) is 2.26. The van der Waals surface area contributed by atoms with Crippen LogP contribution in [0.2, 0.25) is 0 Å². The Bertz CT molecular complexity index is 392. The molecule has 0 aliphatic heterocycles. The Morgan fingerprint density at radius 1 is 0.500 bits per heavy atom. The molecule has 0 radical (unpaired) electrons. The predicted molar refractivity (Wildman–Crippen MR) is 43.6 cm³/mol. The van der Waals surface area contributed by atoms with Crippen LogP contribution in [0.3, 0.4) is 0 Å². The van der Waals surface area contributed by atoms with Crippen LogP contribution in [0.1, 0.15) is 0 Å². The Morgan fingerprint density at radius 2 is 0.643 bits per heavy atom. The molecule has 0 saturated carbocycles. The molecule has 0 rings (SSSR count). The maximum absolute atomic E-state index is 8.58. The van der Waals surface area contributed by atoms with Crippen LogP contribution in [0, 0.1) is 61.4 Å². The number of nitrogens with zero attached hydrogens (tertiary/aromatic N) is 6. The average molecular weight is 225 g/mol. The van der Waals surface area contributed by atoms with Crippen LogP contribution in [-0.4, -0.2) is 8.41 Å². The van der Waals surface area contributed by atoms with E-state index >= 15 is 0 Å². The number of nitriles is 6. The predicted octanol–water partition coefficient (Wildman–Crippen LogP) is -1.09. The zero-order chi connectivity index (χ0) is 10.7. The van der Waals surface area contributed by atoms with Crippen LogP contribution < -0.4 is 0 Å². The summed E-state index contributed by atoms with van der Waals surface area (Å²) in [6.45, 7) is 0. The molecule has 0 fully saturated rings. The van der Waals surface area contributed by atoms with Crippen molar-refractivity contribution < 1.29 is 10.7 Å². The third kappa shape index (κ3) is 0.914. The molecule has 0 amide bonds. The van der Waals surface area contributed by atoms with E-state index in [0.29, 0.717) is 0 Å². The van der Waals surface area contributed by atoms with Gasteiger partial charge in [-0.3, -0.25) is 0 Å². The Balaban J connectivity index is 0. The second kappa shape index (κ2) is 2.78. The zero-order valence-electron chi connectivity index (χ0n) is 6.06. The zero-order valence-corrected chi connectivity index (χ0v) is 7.24. The van der Waals surface area contributed by atoms with Gasteiger partial charge in [0.15, 0.2) is 0 Å². The Morgan fingerprint density at radius 3 is 0.643 bits per heavy atom. The van der Waals surface area contributed by atoms with Crippen molar-refractivity contribution >= 4 is 8.41 Å². The maximum atomic E-state index is 8.58. The van der Waals surface area contributed by atoms with Crippen molar-refractivity contribution in [2.75, 3.05) is 0 Å². The van der Waals surface area contributed by atoms with E-state index in [9.17, 15) is 0 Å². The normalized spacial score (nSPS) is 12.4. The molecule has 0 N–H and O–H groups in total. The monoisotopic (exact) mass is 225 g/mol. The first-order valence-corrected chi connectivity index (χ1v) is 6.02. The van der Waals surface area contributed by atoms with Gasteiger partial charge in [-0.25, -0.2) is 0 Å². The van der Waals surface area contributed by atoms with Gasteiger partial charge in [-0.1, -0.05) is 0 Å². The summed E-state index contributed by atoms with van der Waals surface area (Å²) in [6.07, 6.45) is 0. The summed E-state index contributed by atoms with van der Waals surface area (Å²) < 4.78 is 0. The van der Waals surface area contributed by atoms with E-state index < -0.39 is 10.7 Å². The first-order valence-electron chi connectivity index (χ1n) is 2.48. The molecule has 0 aromatic carbocycles. The van der Waals surface area contributed by atoms with E-state index in [1.807, 2.05) is 0 Å². The standard InChI is InChI=1S/6CN.BH3.Mn/c6*1-2;;/h;;;;;;1H3;. The summed E-state index contributed by atoms with van der Waals surface area (Å²) >= 11 is 0. The van der Waals surface area contributed by atoms with Gasteiger partial charge in [0.25, 0.3) is 0 Å². The molecule has 6 nitrogen and oxygen atoms in total. The van der Waals surface area contributed by atoms with Crippen molar-refractivity contribution in [2.45, 2.75) is 0 Å². The minimum absolute atomic E-state index is 0. The van der Waals surface area contributed by atoms with Crippen molar-refractivity contribution in [3.05, 3.63) is 0 Å². The molecule has 0 aliphatic carbocycles. The number of rotatable bonds is 0. The van der Waals surface area contributed by atoms with Crippen LogP contribution in [0.5, 0.6) is 0 Å². The molecule has 14 heavy (non-hydrogen) atoms. The molecule has 0 spiro atoms. The van der Waals surface area contributed by atoms with Crippen LogP contribution in [-0.2, 0) is 10.7 Å². The first kappa shape index (κ1) is 14.1. The van der Waals surface area contributed by atoms with E-state index in [-0.39, 0.29) is 8.41 Å². The molecule has 0 atom stereocenters. The molecule has 0 heterocycles. The van der Waals surface area contributed by atoms with Gasteiger partial charge >= 0.3 is 72.1 Å². The minimum atomic E-state index is -6.30. The molecule has 0 saturated heterocycles. The van der Waals surface area contributed by atoms with Crippen molar-refractivity contribution in [3.63, 3.8) is 0 Å². The molecule has 0 aromatic heterocycles. The van der Waals surface area contributed by atoms with E-state index in [0.717, 1.165) is 29.8 Å². The van der Waals surface area contributed by atoms with E-state index in [4.69, 9.17) is 31.6 Å². The Hall–Kier alpha value is -2.48. The first-order chi connectivity index (χ1) is 5.97. The van der Waals surface area contributed by atoms with E-state index in [1.54, 1.807) is 0 Å². The number of hydrogen-bond donors (Lipinski definition) is 0. The van der Waals surface area contributed by atoms with Crippen LogP contribution >= 0.6 is 0 Å². The van der Waals surface area contributed by atoms with Crippen molar-refractivity contribution in [1.29, 1.82) is 31.6 Å². The van der Waals surface area contributed by atoms with Gasteiger partial charge in [0.2, 0.25) is 0 Å². The van der Waals surface area contributed by atoms with Gasteiger partial charge in [0, 0.05) is 0 Å². The molecular weight excluding hydrogens is 222 g/mol. The topological polar surface area (TPSA) is 143 Å². The summed E-state index contributed by atoms with van der Waals surface area (Å²) in [6, 6.07) is 0. The van der Waals surface area contributed by atoms with Crippen molar-refractivity contribution in [2.24, 2.45) is 0 Å². The third-order valence-electron chi connectivity index (χ3n) is 1.27. The van der Waals surface area contributed by atoms with Gasteiger partial charge in [-0.2, -0.15) is 0 Å². The Kier molecular flexibility index (Phi) is 2.80. The van der Waals surface area contributed by atoms with Gasteiger partial charge in [0.05, 0.1) is 8.41 Å². The summed E-state index contributed by atoms with van der Waals surface area (Å²) in [5.41, 5.74) is 0. The summed E-state index contributed by atoms with van der Waals surface area (Å²) in [4.78, 5) is 6.25. The third-order valence-corrected chi connectivity index (χ3v) is 5.23. The van der Waals surface area contributed by atoms with Crippen LogP contribution in [0.15, 0.2) is 0 Å². The van der Waals surface area contributed by atoms with Crippen LogP contribution in [0.4, 0.5) is 0 Å². The molecule has 8 heteroatoms. The quantitative estimate of drug-likeness (QED) is 0.479. The van der Waals surface area contributed by atoms with Gasteiger partial charge in [-0.05, 0) is 0 Å².